The quantitative estimate of drug-likeness (QED) is 0.672. The standard InChI is InChI=1S/C17H13ClN4O3/c1-11-15(16(23)22(20-11)14-8-3-2-4-9-14)21-25-17(24)19-13-7-5-6-12(18)10-13/h2-10H,1H3,(H,19,24)/b21-15-. The summed E-state index contributed by atoms with van der Waals surface area (Å²) >= 11 is 5.84. The molecule has 0 fully saturated rings. The lowest BCUT2D eigenvalue weighted by molar-refractivity contribution is -0.112. The summed E-state index contributed by atoms with van der Waals surface area (Å²) < 4.78 is 0. The maximum atomic E-state index is 12.4. The molecule has 0 saturated heterocycles. The van der Waals surface area contributed by atoms with E-state index in [4.69, 9.17) is 16.4 Å². The number of oxime groups is 1. The lowest BCUT2D eigenvalue weighted by atomic mass is 10.2. The van der Waals surface area contributed by atoms with Gasteiger partial charge in [-0.2, -0.15) is 10.1 Å². The van der Waals surface area contributed by atoms with Gasteiger partial charge >= 0.3 is 12.0 Å². The number of benzene rings is 2. The summed E-state index contributed by atoms with van der Waals surface area (Å²) in [6.45, 7) is 1.61. The van der Waals surface area contributed by atoms with Crippen LogP contribution in [0.15, 0.2) is 64.9 Å². The molecule has 0 bridgehead atoms. The molecule has 25 heavy (non-hydrogen) atoms. The molecule has 0 saturated carbocycles. The van der Waals surface area contributed by atoms with Crippen molar-refractivity contribution in [2.75, 3.05) is 10.3 Å². The molecular weight excluding hydrogens is 344 g/mol. The van der Waals surface area contributed by atoms with E-state index in [9.17, 15) is 9.59 Å². The first-order valence-corrected chi connectivity index (χ1v) is 7.69. The third-order valence-electron chi connectivity index (χ3n) is 3.28. The van der Waals surface area contributed by atoms with Crippen molar-refractivity contribution in [1.29, 1.82) is 0 Å². The zero-order valence-corrected chi connectivity index (χ0v) is 13.9. The van der Waals surface area contributed by atoms with Crippen LogP contribution >= 0.6 is 11.6 Å². The fourth-order valence-electron chi connectivity index (χ4n) is 2.14. The molecule has 0 aromatic heterocycles. The minimum Gasteiger partial charge on any atom is -0.297 e. The van der Waals surface area contributed by atoms with E-state index in [1.807, 2.05) is 6.07 Å². The monoisotopic (exact) mass is 356 g/mol. The fourth-order valence-corrected chi connectivity index (χ4v) is 2.33. The van der Waals surface area contributed by atoms with Crippen molar-refractivity contribution in [2.45, 2.75) is 6.92 Å². The van der Waals surface area contributed by atoms with Crippen molar-refractivity contribution >= 4 is 46.4 Å². The third-order valence-corrected chi connectivity index (χ3v) is 3.51. The molecule has 1 heterocycles. The summed E-state index contributed by atoms with van der Waals surface area (Å²) in [7, 11) is 0. The van der Waals surface area contributed by atoms with Crippen molar-refractivity contribution in [2.24, 2.45) is 10.3 Å². The first-order chi connectivity index (χ1) is 12.0. The number of carbonyl (C=O) groups is 2. The van der Waals surface area contributed by atoms with Gasteiger partial charge in [-0.05, 0) is 37.3 Å². The van der Waals surface area contributed by atoms with Crippen molar-refractivity contribution in [1.82, 2.24) is 0 Å². The number of nitrogens with zero attached hydrogens (tertiary/aromatic N) is 3. The molecular formula is C17H13ClN4O3. The zero-order chi connectivity index (χ0) is 17.8. The summed E-state index contributed by atoms with van der Waals surface area (Å²) in [5.74, 6) is -0.473. The molecule has 3 rings (SSSR count). The van der Waals surface area contributed by atoms with Gasteiger partial charge in [-0.1, -0.05) is 41.0 Å². The van der Waals surface area contributed by atoms with Crippen molar-refractivity contribution in [3.05, 3.63) is 59.6 Å². The number of hydrazone groups is 1. The Hall–Kier alpha value is -3.19. The Bertz CT molecular complexity index is 880. The lowest BCUT2D eigenvalue weighted by Gasteiger charge is -2.10. The Labute approximate surface area is 148 Å². The average Bonchev–Trinajstić information content (AvgIpc) is 2.88. The molecule has 2 aromatic carbocycles. The van der Waals surface area contributed by atoms with E-state index in [1.165, 1.54) is 5.01 Å². The molecule has 0 unspecified atom stereocenters. The number of hydrogen-bond acceptors (Lipinski definition) is 5. The normalized spacial score (nSPS) is 15.3. The molecule has 8 heteroatoms. The predicted octanol–water partition coefficient (Wildman–Crippen LogP) is 3.67. The van der Waals surface area contributed by atoms with Crippen LogP contribution < -0.4 is 10.3 Å². The van der Waals surface area contributed by atoms with Gasteiger partial charge in [0.1, 0.15) is 0 Å². The number of hydrogen-bond donors (Lipinski definition) is 1. The molecule has 126 valence electrons. The number of nitrogens with one attached hydrogen (secondary N) is 1. The number of anilines is 2. The van der Waals surface area contributed by atoms with Gasteiger partial charge in [0.15, 0.2) is 5.71 Å². The van der Waals surface area contributed by atoms with E-state index in [0.717, 1.165) is 0 Å². The van der Waals surface area contributed by atoms with Crippen molar-refractivity contribution in [3.8, 4) is 0 Å². The highest BCUT2D eigenvalue weighted by Crippen LogP contribution is 2.19. The highest BCUT2D eigenvalue weighted by Gasteiger charge is 2.31. The molecule has 2 aromatic rings. The van der Waals surface area contributed by atoms with Crippen LogP contribution in [0.1, 0.15) is 6.92 Å². The van der Waals surface area contributed by atoms with Gasteiger partial charge in [0.2, 0.25) is 0 Å². The zero-order valence-electron chi connectivity index (χ0n) is 13.1. The number of halogens is 1. The lowest BCUT2D eigenvalue weighted by Crippen LogP contribution is -2.27. The Kier molecular flexibility index (Phi) is 4.76. The van der Waals surface area contributed by atoms with E-state index in [1.54, 1.807) is 55.5 Å². The average molecular weight is 357 g/mol. The highest BCUT2D eigenvalue weighted by atomic mass is 35.5. The SMILES string of the molecule is CC1=NN(c2ccccc2)C(=O)/C1=N\OC(=O)Nc1cccc(Cl)c1. The van der Waals surface area contributed by atoms with Gasteiger partial charge in [-0.3, -0.25) is 14.9 Å². The van der Waals surface area contributed by atoms with Crippen LogP contribution in [0.2, 0.25) is 5.02 Å². The summed E-state index contributed by atoms with van der Waals surface area (Å²) in [5.41, 5.74) is 1.36. The molecule has 7 nitrogen and oxygen atoms in total. The first-order valence-electron chi connectivity index (χ1n) is 7.31. The van der Waals surface area contributed by atoms with E-state index in [0.29, 0.717) is 22.1 Å². The topological polar surface area (TPSA) is 83.4 Å². The Morgan fingerprint density at radius 2 is 1.96 bits per heavy atom. The maximum Gasteiger partial charge on any atom is 0.437 e. The van der Waals surface area contributed by atoms with Crippen LogP contribution in [-0.2, 0) is 9.63 Å². The van der Waals surface area contributed by atoms with Gasteiger partial charge in [-0.15, -0.1) is 0 Å². The summed E-state index contributed by atoms with van der Waals surface area (Å²) in [5, 5.41) is 11.9. The molecule has 0 radical (unpaired) electrons. The van der Waals surface area contributed by atoms with Gasteiger partial charge in [0, 0.05) is 10.7 Å². The second kappa shape index (κ2) is 7.14. The largest absolute Gasteiger partial charge is 0.437 e. The van der Waals surface area contributed by atoms with Crippen molar-refractivity contribution < 1.29 is 14.4 Å². The number of amides is 2. The first kappa shape index (κ1) is 16.7. The second-order valence-electron chi connectivity index (χ2n) is 5.09. The van der Waals surface area contributed by atoms with Gasteiger partial charge < -0.3 is 0 Å². The molecule has 1 aliphatic heterocycles. The highest BCUT2D eigenvalue weighted by molar-refractivity contribution is 6.71. The maximum absolute atomic E-state index is 12.4. The molecule has 1 N–H and O–H groups in total. The van der Waals surface area contributed by atoms with Crippen LogP contribution in [0.25, 0.3) is 0 Å². The number of para-hydroxylation sites is 1. The minimum atomic E-state index is -0.839. The van der Waals surface area contributed by atoms with Crippen molar-refractivity contribution in [3.63, 3.8) is 0 Å². The molecule has 2 amide bonds. The Balaban J connectivity index is 1.68. The number of carbonyl (C=O) groups excluding carboxylic acids is 2. The van der Waals surface area contributed by atoms with E-state index >= 15 is 0 Å². The predicted molar refractivity (Wildman–Crippen MR) is 96.0 cm³/mol. The van der Waals surface area contributed by atoms with E-state index in [2.05, 4.69) is 15.6 Å². The van der Waals surface area contributed by atoms with Crippen LogP contribution in [-0.4, -0.2) is 23.4 Å². The van der Waals surface area contributed by atoms with Gasteiger partial charge in [0.05, 0.1) is 11.4 Å². The molecule has 1 aliphatic rings. The van der Waals surface area contributed by atoms with Crippen LogP contribution in [0.3, 0.4) is 0 Å². The Morgan fingerprint density at radius 1 is 1.20 bits per heavy atom. The molecule has 0 spiro atoms. The van der Waals surface area contributed by atoms with Crippen LogP contribution in [0, 0.1) is 0 Å². The van der Waals surface area contributed by atoms with E-state index in [-0.39, 0.29) is 5.71 Å². The summed E-state index contributed by atoms with van der Waals surface area (Å²) in [6, 6.07) is 15.4. The second-order valence-corrected chi connectivity index (χ2v) is 5.53. The Morgan fingerprint density at radius 3 is 2.68 bits per heavy atom. The third kappa shape index (κ3) is 3.84. The molecule has 0 atom stereocenters. The minimum absolute atomic E-state index is 0.0369. The summed E-state index contributed by atoms with van der Waals surface area (Å²) in [4.78, 5) is 28.9. The summed E-state index contributed by atoms with van der Waals surface area (Å²) in [6.07, 6.45) is -0.839. The number of rotatable bonds is 3. The van der Waals surface area contributed by atoms with Gasteiger partial charge in [0.25, 0.3) is 0 Å². The van der Waals surface area contributed by atoms with Crippen LogP contribution in [0.5, 0.6) is 0 Å². The fraction of sp³-hybridized carbons (Fsp3) is 0.0588. The smallest absolute Gasteiger partial charge is 0.297 e. The van der Waals surface area contributed by atoms with E-state index < -0.39 is 12.0 Å². The van der Waals surface area contributed by atoms with Gasteiger partial charge in [-0.25, -0.2) is 4.79 Å². The molecule has 0 aliphatic carbocycles. The van der Waals surface area contributed by atoms with Crippen LogP contribution in [0.4, 0.5) is 16.2 Å².